The number of rotatable bonds is 12. The van der Waals surface area contributed by atoms with Crippen LogP contribution >= 0.6 is 0 Å². The lowest BCUT2D eigenvalue weighted by molar-refractivity contribution is -0.475. The summed E-state index contributed by atoms with van der Waals surface area (Å²) in [6.45, 7) is 2.27. The Morgan fingerprint density at radius 1 is 0.559 bits per heavy atom. The number of hydrogen-bond donors (Lipinski definition) is 0. The van der Waals surface area contributed by atoms with Crippen LogP contribution in [0.2, 0.25) is 0 Å². The molecule has 0 aliphatic carbocycles. The van der Waals surface area contributed by atoms with Crippen molar-refractivity contribution in [3.63, 3.8) is 0 Å². The Morgan fingerprint density at radius 3 is 1.09 bits per heavy atom. The summed E-state index contributed by atoms with van der Waals surface area (Å²) in [5.41, 5.74) is 0. The highest BCUT2D eigenvalue weighted by Gasteiger charge is 2.97. The van der Waals surface area contributed by atoms with Crippen LogP contribution in [0.3, 0.4) is 0 Å². The fraction of sp³-hybridized carbons (Fsp3) is 0.857. The predicted molar refractivity (Wildman–Crippen MR) is 71.0 cm³/mol. The van der Waals surface area contributed by atoms with E-state index < -0.39 is 72.3 Å². The van der Waals surface area contributed by atoms with Crippen LogP contribution in [-0.4, -0.2) is 59.7 Å². The van der Waals surface area contributed by atoms with E-state index in [2.05, 4.69) is 11.3 Å². The van der Waals surface area contributed by atoms with Gasteiger partial charge in [-0.1, -0.05) is 13.5 Å². The maximum atomic E-state index is 13.5. The molecule has 204 valence electrons. The summed E-state index contributed by atoms with van der Waals surface area (Å²) in [7, 11) is 0. The van der Waals surface area contributed by atoms with Crippen molar-refractivity contribution in [2.24, 2.45) is 0 Å². The fourth-order valence-electron chi connectivity index (χ4n) is 2.01. The lowest BCUT2D eigenvalue weighted by Crippen LogP contribution is -2.76. The third-order valence-electron chi connectivity index (χ3n) is 4.13. The molecule has 0 bridgehead atoms. The molecule has 1 atom stereocenters. The van der Waals surface area contributed by atoms with E-state index in [0.717, 1.165) is 0 Å². The lowest BCUT2D eigenvalue weighted by atomic mass is 9.86. The van der Waals surface area contributed by atoms with Gasteiger partial charge in [0.05, 0.1) is 6.26 Å². The Balaban J connectivity index is 6.97. The second kappa shape index (κ2) is 8.41. The first-order valence-corrected chi connectivity index (χ1v) is 7.87. The molecule has 20 heteroatoms. The van der Waals surface area contributed by atoms with Gasteiger partial charge in [-0.2, -0.15) is 79.0 Å². The third kappa shape index (κ3) is 3.81. The third-order valence-corrected chi connectivity index (χ3v) is 4.13. The molecule has 0 fully saturated rings. The summed E-state index contributed by atoms with van der Waals surface area (Å²) >= 11 is 0. The summed E-state index contributed by atoms with van der Waals surface area (Å²) in [5.74, 6) is -66.8. The van der Waals surface area contributed by atoms with Gasteiger partial charge in [0.1, 0.15) is 0 Å². The molecule has 0 heterocycles. The number of halogens is 19. The van der Waals surface area contributed by atoms with E-state index in [-0.39, 0.29) is 6.92 Å². The molecule has 0 aliphatic rings. The standard InChI is InChI=1S/C14H9F19O/c1-3-5(15)6(16,17)7(18,19)8(20,21)9(22,23)10(24,25)11(26,27)12(28,29)13(30,31)14(32,33)34-4-2/h4-5H,2-3H2,1H3. The zero-order chi connectivity index (χ0) is 28.2. The van der Waals surface area contributed by atoms with Crippen LogP contribution in [-0.2, 0) is 4.74 Å². The molecule has 1 nitrogen and oxygen atoms in total. The predicted octanol–water partition coefficient (Wildman–Crippen LogP) is 7.57. The smallest absolute Gasteiger partial charge is 0.436 e. The maximum Gasteiger partial charge on any atom is 0.470 e. The molecule has 0 saturated carbocycles. The average Bonchev–Trinajstić information content (AvgIpc) is 2.65. The van der Waals surface area contributed by atoms with E-state index in [1.165, 1.54) is 0 Å². The minimum Gasteiger partial charge on any atom is -0.436 e. The van der Waals surface area contributed by atoms with Crippen molar-refractivity contribution in [3.8, 4) is 0 Å². The van der Waals surface area contributed by atoms with Crippen LogP contribution in [0.1, 0.15) is 13.3 Å². The van der Waals surface area contributed by atoms with Gasteiger partial charge in [0.15, 0.2) is 6.17 Å². The van der Waals surface area contributed by atoms with Crippen molar-refractivity contribution in [1.82, 2.24) is 0 Å². The summed E-state index contributed by atoms with van der Waals surface area (Å²) in [6, 6.07) is 0. The Morgan fingerprint density at radius 2 is 0.824 bits per heavy atom. The zero-order valence-corrected chi connectivity index (χ0v) is 15.7. The van der Waals surface area contributed by atoms with E-state index in [0.29, 0.717) is 0 Å². The molecule has 0 rings (SSSR count). The summed E-state index contributed by atoms with van der Waals surface area (Å²) in [4.78, 5) is 0. The number of alkyl halides is 19. The second-order valence-corrected chi connectivity index (χ2v) is 6.32. The van der Waals surface area contributed by atoms with Crippen molar-refractivity contribution >= 4 is 0 Å². The molecule has 0 spiro atoms. The van der Waals surface area contributed by atoms with Gasteiger partial charge in [-0.15, -0.1) is 0 Å². The SMILES string of the molecule is C=COC(F)(F)C(F)(F)C(F)(F)C(F)(F)C(F)(F)C(F)(F)C(F)(F)C(F)(F)C(F)(F)C(F)CC. The van der Waals surface area contributed by atoms with Gasteiger partial charge in [-0.05, 0) is 6.42 Å². The van der Waals surface area contributed by atoms with Crippen molar-refractivity contribution in [3.05, 3.63) is 12.8 Å². The zero-order valence-electron chi connectivity index (χ0n) is 15.7. The molecular weight excluding hydrogens is 545 g/mol. The van der Waals surface area contributed by atoms with Gasteiger partial charge < -0.3 is 4.74 Å². The highest BCUT2D eigenvalue weighted by atomic mass is 19.4. The molecular formula is C14H9F19O. The van der Waals surface area contributed by atoms with Crippen molar-refractivity contribution in [2.75, 3.05) is 0 Å². The lowest BCUT2D eigenvalue weighted by Gasteiger charge is -2.44. The molecule has 0 amide bonds. The largest absolute Gasteiger partial charge is 0.470 e. The Kier molecular flexibility index (Phi) is 7.96. The molecule has 0 radical (unpaired) electrons. The van der Waals surface area contributed by atoms with E-state index in [1.54, 1.807) is 0 Å². The minimum absolute atomic E-state index is 0.196. The quantitative estimate of drug-likeness (QED) is 0.179. The van der Waals surface area contributed by atoms with E-state index >= 15 is 0 Å². The molecule has 0 aliphatic heterocycles. The van der Waals surface area contributed by atoms with E-state index in [1.807, 2.05) is 0 Å². The number of hydrogen-bond acceptors (Lipinski definition) is 1. The minimum atomic E-state index is -8.90. The average molecular weight is 554 g/mol. The molecule has 0 N–H and O–H groups in total. The van der Waals surface area contributed by atoms with Crippen molar-refractivity contribution in [2.45, 2.75) is 73.0 Å². The van der Waals surface area contributed by atoms with Crippen LogP contribution in [0.5, 0.6) is 0 Å². The summed E-state index contributed by atoms with van der Waals surface area (Å²) in [5, 5.41) is 0. The topological polar surface area (TPSA) is 9.23 Å². The normalized spacial score (nSPS) is 16.9. The highest BCUT2D eigenvalue weighted by molar-refractivity contribution is 5.17. The van der Waals surface area contributed by atoms with Crippen molar-refractivity contribution < 1.29 is 88.2 Å². The first-order valence-electron chi connectivity index (χ1n) is 7.87. The van der Waals surface area contributed by atoms with E-state index in [4.69, 9.17) is 0 Å². The monoisotopic (exact) mass is 554 g/mol. The maximum absolute atomic E-state index is 13.5. The van der Waals surface area contributed by atoms with Crippen LogP contribution < -0.4 is 0 Å². The second-order valence-electron chi connectivity index (χ2n) is 6.32. The first kappa shape index (κ1) is 32.2. The Bertz CT molecular complexity index is 739. The van der Waals surface area contributed by atoms with Crippen LogP contribution in [0.4, 0.5) is 83.4 Å². The summed E-state index contributed by atoms with van der Waals surface area (Å²) in [6.07, 6.45) is -14.3. The molecule has 0 saturated heterocycles. The van der Waals surface area contributed by atoms with Gasteiger partial charge in [-0.25, -0.2) is 4.39 Å². The summed E-state index contributed by atoms with van der Waals surface area (Å²) < 4.78 is 255. The number of ether oxygens (including phenoxy) is 1. The molecule has 1 unspecified atom stereocenters. The van der Waals surface area contributed by atoms with Gasteiger partial charge in [0.25, 0.3) is 0 Å². The fourth-order valence-corrected chi connectivity index (χ4v) is 2.01. The van der Waals surface area contributed by atoms with Gasteiger partial charge in [0, 0.05) is 0 Å². The van der Waals surface area contributed by atoms with E-state index in [9.17, 15) is 83.4 Å². The van der Waals surface area contributed by atoms with Gasteiger partial charge >= 0.3 is 53.5 Å². The Labute approximate surface area is 175 Å². The van der Waals surface area contributed by atoms with Gasteiger partial charge in [-0.3, -0.25) is 0 Å². The van der Waals surface area contributed by atoms with Crippen molar-refractivity contribution in [1.29, 1.82) is 0 Å². The first-order chi connectivity index (χ1) is 14.5. The molecule has 0 aromatic heterocycles. The van der Waals surface area contributed by atoms with Crippen LogP contribution in [0.15, 0.2) is 12.8 Å². The van der Waals surface area contributed by atoms with Crippen LogP contribution in [0, 0.1) is 0 Å². The molecule has 34 heavy (non-hydrogen) atoms. The van der Waals surface area contributed by atoms with Crippen LogP contribution in [0.25, 0.3) is 0 Å². The van der Waals surface area contributed by atoms with Gasteiger partial charge in [0.2, 0.25) is 0 Å². The highest BCUT2D eigenvalue weighted by Crippen LogP contribution is 2.65. The molecule has 0 aromatic carbocycles. The Hall–Kier alpha value is -1.79. The molecule has 0 aromatic rings.